The molecule has 1 unspecified atom stereocenters. The molecule has 0 saturated carbocycles. The maximum absolute atomic E-state index is 13.5. The third-order valence-electron chi connectivity index (χ3n) is 7.37. The minimum absolute atomic E-state index is 0.161. The van der Waals surface area contributed by atoms with Gasteiger partial charge in [-0.05, 0) is 55.9 Å². The van der Waals surface area contributed by atoms with Gasteiger partial charge in [0.25, 0.3) is 5.91 Å². The number of aromatic amines is 1. The molecule has 3 amide bonds. The van der Waals surface area contributed by atoms with Crippen LogP contribution in [0.1, 0.15) is 41.7 Å². The van der Waals surface area contributed by atoms with E-state index in [1.807, 2.05) is 30.3 Å². The van der Waals surface area contributed by atoms with Crippen molar-refractivity contribution in [3.63, 3.8) is 0 Å². The van der Waals surface area contributed by atoms with Crippen molar-refractivity contribution in [1.29, 1.82) is 0 Å². The van der Waals surface area contributed by atoms with Crippen LogP contribution in [0.2, 0.25) is 0 Å². The fraction of sp³-hybridized carbons (Fsp3) is 0.387. The number of aromatic nitrogens is 1. The molecule has 0 spiro atoms. The lowest BCUT2D eigenvalue weighted by atomic mass is 9.94. The van der Waals surface area contributed by atoms with Gasteiger partial charge in [-0.15, -0.1) is 13.2 Å². The van der Waals surface area contributed by atoms with E-state index in [0.717, 1.165) is 5.56 Å². The highest BCUT2D eigenvalue weighted by atomic mass is 19.4. The van der Waals surface area contributed by atoms with Gasteiger partial charge in [0, 0.05) is 29.6 Å². The molecule has 3 aromatic rings. The molecular formula is C31H33F3N4O6. The number of carbonyl (C=O) groups excluding carboxylic acids is 4. The third kappa shape index (κ3) is 8.99. The lowest BCUT2D eigenvalue weighted by Gasteiger charge is -2.22. The number of hydrogen-bond acceptors (Lipinski definition) is 6. The molecule has 234 valence electrons. The summed E-state index contributed by atoms with van der Waals surface area (Å²) in [6.45, 7) is -0.966. The van der Waals surface area contributed by atoms with Crippen molar-refractivity contribution in [2.24, 2.45) is 16.8 Å². The topological polar surface area (TPSA) is 139 Å². The Hall–Kier alpha value is -4.52. The summed E-state index contributed by atoms with van der Waals surface area (Å²) >= 11 is 0. The lowest BCUT2D eigenvalue weighted by molar-refractivity contribution is -0.321. The largest absolute Gasteiger partial charge is 0.522 e. The molecule has 1 aromatic heterocycles. The van der Waals surface area contributed by atoms with Crippen LogP contribution in [-0.4, -0.2) is 67.4 Å². The Labute approximate surface area is 251 Å². The van der Waals surface area contributed by atoms with Gasteiger partial charge in [-0.25, -0.2) is 4.99 Å². The standard InChI is InChI=1S/C31H33F3N4O6/c1-43-27-12-6-11-23-22(27)16-25(37-23)30(42)36-17-21(10-5-9-19-7-3-2-4-8-19)29(41)38-24(15-20-13-14-35-28(20)40)26(39)18-44-31(32,33)34/h2-4,6-8,11-12,16-17,20-21,24,37H,5,9-10,13-15,18H2,1H3,(H,35,40)(H,38,41)/b36-17+/t20-,21?,24-/m0/s1. The van der Waals surface area contributed by atoms with E-state index in [0.29, 0.717) is 42.5 Å². The van der Waals surface area contributed by atoms with Gasteiger partial charge in [-0.3, -0.25) is 23.9 Å². The van der Waals surface area contributed by atoms with Crippen LogP contribution in [0.5, 0.6) is 5.75 Å². The van der Waals surface area contributed by atoms with Crippen LogP contribution in [0.15, 0.2) is 59.6 Å². The Morgan fingerprint density at radius 3 is 2.59 bits per heavy atom. The van der Waals surface area contributed by atoms with Crippen molar-refractivity contribution >= 4 is 40.6 Å². The minimum Gasteiger partial charge on any atom is -0.496 e. The molecule has 4 rings (SSSR count). The maximum atomic E-state index is 13.5. The summed E-state index contributed by atoms with van der Waals surface area (Å²) in [6.07, 6.45) is -2.35. The van der Waals surface area contributed by atoms with Gasteiger partial charge < -0.3 is 20.4 Å². The highest BCUT2D eigenvalue weighted by Crippen LogP contribution is 2.26. The molecule has 10 nitrogen and oxygen atoms in total. The van der Waals surface area contributed by atoms with Crippen LogP contribution in [0.25, 0.3) is 10.9 Å². The van der Waals surface area contributed by atoms with Crippen molar-refractivity contribution in [2.75, 3.05) is 20.3 Å². The fourth-order valence-corrected chi connectivity index (χ4v) is 5.05. The van der Waals surface area contributed by atoms with Gasteiger partial charge in [0.2, 0.25) is 11.8 Å². The van der Waals surface area contributed by atoms with Crippen molar-refractivity contribution < 1.29 is 41.8 Å². The highest BCUT2D eigenvalue weighted by Gasteiger charge is 2.35. The fourth-order valence-electron chi connectivity index (χ4n) is 5.05. The van der Waals surface area contributed by atoms with Crippen LogP contribution in [0, 0.1) is 11.8 Å². The van der Waals surface area contributed by atoms with E-state index in [4.69, 9.17) is 4.74 Å². The normalized spacial score (nSPS) is 16.5. The predicted molar refractivity (Wildman–Crippen MR) is 155 cm³/mol. The van der Waals surface area contributed by atoms with Gasteiger partial charge in [0.1, 0.15) is 18.1 Å². The first-order chi connectivity index (χ1) is 21.0. The number of aryl methyl sites for hydroxylation is 1. The Kier molecular flexibility index (Phi) is 10.9. The van der Waals surface area contributed by atoms with E-state index in [1.54, 1.807) is 24.3 Å². The third-order valence-corrected chi connectivity index (χ3v) is 7.37. The molecule has 44 heavy (non-hydrogen) atoms. The summed E-state index contributed by atoms with van der Waals surface area (Å²) in [5.41, 5.74) is 1.84. The first-order valence-electron chi connectivity index (χ1n) is 14.1. The number of halogens is 3. The summed E-state index contributed by atoms with van der Waals surface area (Å²) in [5, 5.41) is 5.79. The van der Waals surface area contributed by atoms with Gasteiger partial charge in [0.05, 0.1) is 19.1 Å². The highest BCUT2D eigenvalue weighted by molar-refractivity contribution is 6.05. The number of nitrogens with zero attached hydrogens (tertiary/aromatic N) is 1. The van der Waals surface area contributed by atoms with Crippen molar-refractivity contribution in [2.45, 2.75) is 44.5 Å². The van der Waals surface area contributed by atoms with Crippen LogP contribution in [0.3, 0.4) is 0 Å². The number of aliphatic imine (C=N–C) groups is 1. The smallest absolute Gasteiger partial charge is 0.496 e. The SMILES string of the molecule is COc1cccc2[nH]c(C(=O)/N=C/C(CCCc3ccccc3)C(=O)N[C@@H](C[C@@H]3CCNC3=O)C(=O)COC(F)(F)F)cc12. The second kappa shape index (κ2) is 14.8. The molecular weight excluding hydrogens is 581 g/mol. The summed E-state index contributed by atoms with van der Waals surface area (Å²) in [6, 6.07) is 14.9. The zero-order chi connectivity index (χ0) is 31.7. The van der Waals surface area contributed by atoms with Crippen LogP contribution >= 0.6 is 0 Å². The van der Waals surface area contributed by atoms with Crippen LogP contribution in [-0.2, 0) is 25.5 Å². The Morgan fingerprint density at radius 2 is 1.91 bits per heavy atom. The zero-order valence-electron chi connectivity index (χ0n) is 24.0. The molecule has 1 fully saturated rings. The van der Waals surface area contributed by atoms with E-state index in [1.165, 1.54) is 13.3 Å². The number of alkyl halides is 3. The summed E-state index contributed by atoms with van der Waals surface area (Å²) in [4.78, 5) is 58.4. The Bertz CT molecular complexity index is 1510. The monoisotopic (exact) mass is 614 g/mol. The number of Topliss-reactive ketones (excluding diaryl/α,β-unsaturated/α-hetero) is 1. The van der Waals surface area contributed by atoms with Crippen LogP contribution < -0.4 is 15.4 Å². The van der Waals surface area contributed by atoms with E-state index >= 15 is 0 Å². The number of hydrogen-bond donors (Lipinski definition) is 3. The number of nitrogens with one attached hydrogen (secondary N) is 3. The number of amides is 3. The van der Waals surface area contributed by atoms with Crippen molar-refractivity contribution in [3.8, 4) is 5.75 Å². The lowest BCUT2D eigenvalue weighted by Crippen LogP contribution is -2.47. The van der Waals surface area contributed by atoms with E-state index < -0.39 is 48.4 Å². The zero-order valence-corrected chi connectivity index (χ0v) is 24.0. The number of fused-ring (bicyclic) bond motifs is 1. The van der Waals surface area contributed by atoms with Gasteiger partial charge in [-0.2, -0.15) is 0 Å². The Balaban J connectivity index is 1.52. The maximum Gasteiger partial charge on any atom is 0.522 e. The average molecular weight is 615 g/mol. The Morgan fingerprint density at radius 1 is 1.14 bits per heavy atom. The number of methoxy groups -OCH3 is 1. The molecule has 1 saturated heterocycles. The summed E-state index contributed by atoms with van der Waals surface area (Å²) < 4.78 is 47.0. The molecule has 1 aliphatic rings. The first kappa shape index (κ1) is 32.4. The number of ketones is 1. The molecule has 0 aliphatic carbocycles. The van der Waals surface area contributed by atoms with Crippen molar-refractivity contribution in [1.82, 2.24) is 15.6 Å². The van der Waals surface area contributed by atoms with Crippen LogP contribution in [0.4, 0.5) is 13.2 Å². The molecule has 13 heteroatoms. The van der Waals surface area contributed by atoms with E-state index in [2.05, 4.69) is 25.3 Å². The average Bonchev–Trinajstić information content (AvgIpc) is 3.63. The molecule has 3 N–H and O–H groups in total. The molecule has 0 radical (unpaired) electrons. The van der Waals surface area contributed by atoms with Crippen molar-refractivity contribution in [3.05, 3.63) is 65.9 Å². The summed E-state index contributed by atoms with van der Waals surface area (Å²) in [7, 11) is 1.51. The minimum atomic E-state index is -5.05. The number of rotatable bonds is 14. The number of H-pyrrole nitrogens is 1. The second-order valence-electron chi connectivity index (χ2n) is 10.4. The second-order valence-corrected chi connectivity index (χ2v) is 10.4. The number of benzene rings is 2. The predicted octanol–water partition coefficient (Wildman–Crippen LogP) is 4.14. The summed E-state index contributed by atoms with van der Waals surface area (Å²) in [5.74, 6) is -3.86. The van der Waals surface area contributed by atoms with Gasteiger partial charge >= 0.3 is 6.36 Å². The van der Waals surface area contributed by atoms with Gasteiger partial charge in [0.15, 0.2) is 5.78 Å². The molecule has 1 aliphatic heterocycles. The van der Waals surface area contributed by atoms with E-state index in [9.17, 15) is 32.3 Å². The quantitative estimate of drug-likeness (QED) is 0.233. The molecule has 3 atom stereocenters. The van der Waals surface area contributed by atoms with E-state index in [-0.39, 0.29) is 24.4 Å². The molecule has 0 bridgehead atoms. The number of ether oxygens (including phenoxy) is 2. The molecule has 2 aromatic carbocycles. The van der Waals surface area contributed by atoms with Gasteiger partial charge in [-0.1, -0.05) is 36.4 Å². The first-order valence-corrected chi connectivity index (χ1v) is 14.1. The molecule has 2 heterocycles. The number of carbonyl (C=O) groups is 4.